The van der Waals surface area contributed by atoms with E-state index < -0.39 is 5.60 Å². The van der Waals surface area contributed by atoms with Gasteiger partial charge in [0.05, 0.1) is 6.54 Å². The summed E-state index contributed by atoms with van der Waals surface area (Å²) in [7, 11) is 0. The highest BCUT2D eigenvalue weighted by Gasteiger charge is 2.51. The second kappa shape index (κ2) is 5.72. The summed E-state index contributed by atoms with van der Waals surface area (Å²) < 4.78 is 0. The number of benzene rings is 1. The maximum atomic E-state index is 11.4. The van der Waals surface area contributed by atoms with E-state index in [9.17, 15) is 5.11 Å². The van der Waals surface area contributed by atoms with Gasteiger partial charge in [-0.1, -0.05) is 48.9 Å². The lowest BCUT2D eigenvalue weighted by Gasteiger charge is -2.26. The van der Waals surface area contributed by atoms with Gasteiger partial charge < -0.3 is 5.11 Å². The lowest BCUT2D eigenvalue weighted by Crippen LogP contribution is -2.32. The van der Waals surface area contributed by atoms with Crippen LogP contribution in [0, 0.1) is 17.8 Å². The third-order valence-electron chi connectivity index (χ3n) is 5.85. The molecule has 0 amide bonds. The fourth-order valence-corrected chi connectivity index (χ4v) is 4.76. The Morgan fingerprint density at radius 1 is 1.09 bits per heavy atom. The molecule has 116 valence electrons. The highest BCUT2D eigenvalue weighted by atomic mass is 16.3. The second-order valence-corrected chi connectivity index (χ2v) is 7.14. The van der Waals surface area contributed by atoms with Crippen molar-refractivity contribution in [2.75, 3.05) is 19.6 Å². The molecule has 2 fully saturated rings. The zero-order chi connectivity index (χ0) is 15.0. The van der Waals surface area contributed by atoms with Gasteiger partial charge in [0.1, 0.15) is 0 Å². The van der Waals surface area contributed by atoms with Gasteiger partial charge in [-0.2, -0.15) is 0 Å². The molecule has 0 bridgehead atoms. The Kier molecular flexibility index (Phi) is 3.72. The van der Waals surface area contributed by atoms with Crippen molar-refractivity contribution in [3.8, 4) is 11.8 Å². The van der Waals surface area contributed by atoms with Crippen LogP contribution in [0.25, 0.3) is 0 Å². The quantitative estimate of drug-likeness (QED) is 0.804. The van der Waals surface area contributed by atoms with Gasteiger partial charge in [0, 0.05) is 5.92 Å². The average molecular weight is 295 g/mol. The first-order valence-electron chi connectivity index (χ1n) is 8.83. The lowest BCUT2D eigenvalue weighted by atomic mass is 9.85. The smallest absolute Gasteiger partial charge is 0.154 e. The maximum Gasteiger partial charge on any atom is 0.154 e. The normalized spacial score (nSPS) is 33.9. The number of fused-ring (bicyclic) bond motifs is 3. The Balaban J connectivity index is 1.59. The first kappa shape index (κ1) is 14.3. The van der Waals surface area contributed by atoms with Crippen LogP contribution in [0.15, 0.2) is 24.3 Å². The number of hydrogen-bond donors (Lipinski definition) is 1. The van der Waals surface area contributed by atoms with Gasteiger partial charge in [0.25, 0.3) is 0 Å². The summed E-state index contributed by atoms with van der Waals surface area (Å²) in [6.07, 6.45) is 7.47. The van der Waals surface area contributed by atoms with Crippen LogP contribution in [0.5, 0.6) is 0 Å². The van der Waals surface area contributed by atoms with Gasteiger partial charge in [0.2, 0.25) is 0 Å². The Hall–Kier alpha value is -1.30. The van der Waals surface area contributed by atoms with Crippen molar-refractivity contribution in [3.05, 3.63) is 35.4 Å². The highest BCUT2D eigenvalue weighted by Crippen LogP contribution is 2.56. The Bertz CT molecular complexity index is 608. The van der Waals surface area contributed by atoms with Gasteiger partial charge >= 0.3 is 0 Å². The summed E-state index contributed by atoms with van der Waals surface area (Å²) >= 11 is 0. The third-order valence-corrected chi connectivity index (χ3v) is 5.85. The standard InChI is InChI=1S/C20H25NO/c22-20(12-7-15-21-13-4-1-5-14-21)18-10-3-2-8-16(18)17-9-6-11-19(17)20/h2-3,8,10,17,19,22H,1,4-6,9,11,13-15H2/t17-,19+,20+/m0/s1. The molecule has 1 aromatic carbocycles. The largest absolute Gasteiger partial charge is 0.373 e. The number of rotatable bonds is 1. The molecule has 4 rings (SSSR count). The molecule has 0 spiro atoms. The van der Waals surface area contributed by atoms with Crippen molar-refractivity contribution >= 4 is 0 Å². The van der Waals surface area contributed by atoms with Gasteiger partial charge in [-0.15, -0.1) is 0 Å². The van der Waals surface area contributed by atoms with E-state index in [2.05, 4.69) is 34.9 Å². The van der Waals surface area contributed by atoms with Gasteiger partial charge in [-0.05, 0) is 55.8 Å². The molecule has 3 aliphatic rings. The van der Waals surface area contributed by atoms with Crippen LogP contribution in [-0.4, -0.2) is 29.6 Å². The van der Waals surface area contributed by atoms with E-state index in [-0.39, 0.29) is 0 Å². The molecule has 1 N–H and O–H groups in total. The van der Waals surface area contributed by atoms with Crippen LogP contribution in [0.1, 0.15) is 55.6 Å². The molecule has 2 nitrogen and oxygen atoms in total. The highest BCUT2D eigenvalue weighted by molar-refractivity contribution is 5.48. The average Bonchev–Trinajstić information content (AvgIpc) is 3.13. The number of hydrogen-bond acceptors (Lipinski definition) is 2. The molecule has 22 heavy (non-hydrogen) atoms. The summed E-state index contributed by atoms with van der Waals surface area (Å²) in [6, 6.07) is 8.42. The molecular formula is C20H25NO. The summed E-state index contributed by atoms with van der Waals surface area (Å²) in [5.41, 5.74) is 1.52. The molecule has 1 heterocycles. The van der Waals surface area contributed by atoms with E-state index in [4.69, 9.17) is 0 Å². The molecular weight excluding hydrogens is 270 g/mol. The van der Waals surface area contributed by atoms with E-state index in [1.165, 1.54) is 37.7 Å². The van der Waals surface area contributed by atoms with Gasteiger partial charge in [-0.25, -0.2) is 0 Å². The predicted octanol–water partition coefficient (Wildman–Crippen LogP) is 3.26. The molecule has 0 unspecified atom stereocenters. The van der Waals surface area contributed by atoms with E-state index in [1.54, 1.807) is 0 Å². The third kappa shape index (κ3) is 2.28. The topological polar surface area (TPSA) is 23.5 Å². The van der Waals surface area contributed by atoms with Crippen molar-refractivity contribution in [2.24, 2.45) is 5.92 Å². The maximum absolute atomic E-state index is 11.4. The van der Waals surface area contributed by atoms with Crippen LogP contribution in [-0.2, 0) is 5.60 Å². The minimum atomic E-state index is -0.909. The second-order valence-electron chi connectivity index (χ2n) is 7.14. The first-order chi connectivity index (χ1) is 10.8. The summed E-state index contributed by atoms with van der Waals surface area (Å²) in [5, 5.41) is 11.4. The summed E-state index contributed by atoms with van der Waals surface area (Å²) in [4.78, 5) is 2.42. The fraction of sp³-hybridized carbons (Fsp3) is 0.600. The Morgan fingerprint density at radius 3 is 2.77 bits per heavy atom. The summed E-state index contributed by atoms with van der Waals surface area (Å²) in [5.74, 6) is 7.44. The molecule has 1 saturated carbocycles. The molecule has 1 aromatic rings. The molecule has 2 aliphatic carbocycles. The van der Waals surface area contributed by atoms with E-state index in [1.807, 2.05) is 6.07 Å². The minimum absolute atomic E-state index is 0.304. The fourth-order valence-electron chi connectivity index (χ4n) is 4.76. The van der Waals surface area contributed by atoms with Crippen LogP contribution >= 0.6 is 0 Å². The molecule has 1 saturated heterocycles. The van der Waals surface area contributed by atoms with Crippen molar-refractivity contribution in [1.29, 1.82) is 0 Å². The number of likely N-dealkylation sites (tertiary alicyclic amines) is 1. The van der Waals surface area contributed by atoms with Crippen molar-refractivity contribution in [3.63, 3.8) is 0 Å². The number of piperidine rings is 1. The van der Waals surface area contributed by atoms with Crippen LogP contribution in [0.3, 0.4) is 0 Å². The van der Waals surface area contributed by atoms with E-state index in [0.29, 0.717) is 11.8 Å². The van der Waals surface area contributed by atoms with Crippen molar-refractivity contribution < 1.29 is 5.11 Å². The Morgan fingerprint density at radius 2 is 1.91 bits per heavy atom. The van der Waals surface area contributed by atoms with E-state index in [0.717, 1.165) is 31.6 Å². The molecule has 0 aromatic heterocycles. The molecule has 2 heteroatoms. The van der Waals surface area contributed by atoms with Gasteiger partial charge in [0.15, 0.2) is 5.60 Å². The SMILES string of the molecule is O[C@]1(C#CCN2CCCCC2)c2ccccc2[C@@H]2CCC[C@H]21. The van der Waals surface area contributed by atoms with Crippen LogP contribution in [0.4, 0.5) is 0 Å². The predicted molar refractivity (Wildman–Crippen MR) is 88.5 cm³/mol. The molecule has 1 aliphatic heterocycles. The zero-order valence-electron chi connectivity index (χ0n) is 13.2. The molecule has 3 atom stereocenters. The lowest BCUT2D eigenvalue weighted by molar-refractivity contribution is 0.0449. The first-order valence-corrected chi connectivity index (χ1v) is 8.83. The van der Waals surface area contributed by atoms with Crippen molar-refractivity contribution in [2.45, 2.75) is 50.0 Å². The van der Waals surface area contributed by atoms with E-state index >= 15 is 0 Å². The van der Waals surface area contributed by atoms with Crippen LogP contribution in [0.2, 0.25) is 0 Å². The number of nitrogens with zero attached hydrogens (tertiary/aromatic N) is 1. The Labute approximate surface area is 133 Å². The minimum Gasteiger partial charge on any atom is -0.373 e. The summed E-state index contributed by atoms with van der Waals surface area (Å²) in [6.45, 7) is 3.13. The van der Waals surface area contributed by atoms with Crippen LogP contribution < -0.4 is 0 Å². The zero-order valence-corrected chi connectivity index (χ0v) is 13.2. The number of aliphatic hydroxyl groups is 1. The molecule has 0 radical (unpaired) electrons. The van der Waals surface area contributed by atoms with Crippen molar-refractivity contribution in [1.82, 2.24) is 4.90 Å². The van der Waals surface area contributed by atoms with Gasteiger partial charge in [-0.3, -0.25) is 4.90 Å². The monoisotopic (exact) mass is 295 g/mol.